The molecule has 0 spiro atoms. The second-order valence-corrected chi connectivity index (χ2v) is 6.93. The first-order chi connectivity index (χ1) is 11.3. The van der Waals surface area contributed by atoms with Crippen molar-refractivity contribution in [3.05, 3.63) is 65.7 Å². The molecule has 110 valence electrons. The van der Waals surface area contributed by atoms with E-state index in [2.05, 4.69) is 12.1 Å². The van der Waals surface area contributed by atoms with Crippen LogP contribution in [0.15, 0.2) is 65.1 Å². The topological polar surface area (TPSA) is 26.0 Å². The van der Waals surface area contributed by atoms with Crippen molar-refractivity contribution >= 4 is 54.2 Å². The van der Waals surface area contributed by atoms with E-state index in [1.54, 1.807) is 11.3 Å². The van der Waals surface area contributed by atoms with Crippen LogP contribution in [0.5, 0.6) is 0 Å². The van der Waals surface area contributed by atoms with E-state index in [1.165, 1.54) is 14.8 Å². The highest BCUT2D eigenvalue weighted by atomic mass is 35.5. The number of oxazole rings is 1. The maximum atomic E-state index is 6.12. The van der Waals surface area contributed by atoms with Crippen molar-refractivity contribution in [2.75, 3.05) is 0 Å². The van der Waals surface area contributed by atoms with Crippen molar-refractivity contribution in [1.82, 2.24) is 4.98 Å². The van der Waals surface area contributed by atoms with Gasteiger partial charge < -0.3 is 4.42 Å². The van der Waals surface area contributed by atoms with Gasteiger partial charge in [0.15, 0.2) is 5.58 Å². The summed E-state index contributed by atoms with van der Waals surface area (Å²) in [5, 5.41) is 3.07. The van der Waals surface area contributed by atoms with Crippen LogP contribution in [0.1, 0.15) is 0 Å². The highest BCUT2D eigenvalue weighted by Gasteiger charge is 2.15. The number of benzene rings is 3. The van der Waals surface area contributed by atoms with Crippen LogP contribution in [0.3, 0.4) is 0 Å². The third kappa shape index (κ3) is 1.97. The predicted molar refractivity (Wildman–Crippen MR) is 97.3 cm³/mol. The molecule has 2 heterocycles. The van der Waals surface area contributed by atoms with Crippen molar-refractivity contribution in [3.63, 3.8) is 0 Å². The lowest BCUT2D eigenvalue weighted by Gasteiger charge is -1.93. The van der Waals surface area contributed by atoms with Crippen LogP contribution in [-0.2, 0) is 0 Å². The van der Waals surface area contributed by atoms with E-state index in [-0.39, 0.29) is 0 Å². The Morgan fingerprint density at radius 2 is 1.78 bits per heavy atom. The summed E-state index contributed by atoms with van der Waals surface area (Å²) in [6.07, 6.45) is 0. The summed E-state index contributed by atoms with van der Waals surface area (Å²) in [4.78, 5) is 4.76. The molecule has 3 aromatic carbocycles. The summed E-state index contributed by atoms with van der Waals surface area (Å²) in [6, 6.07) is 20.1. The van der Waals surface area contributed by atoms with Crippen LogP contribution in [-0.4, -0.2) is 4.98 Å². The summed E-state index contributed by atoms with van der Waals surface area (Å²) in [6.45, 7) is 0. The molecule has 0 unspecified atom stereocenters. The summed E-state index contributed by atoms with van der Waals surface area (Å²) in [7, 11) is 0. The molecule has 0 radical (unpaired) electrons. The number of halogens is 1. The number of nitrogens with zero attached hydrogens (tertiary/aromatic N) is 1. The normalized spacial score (nSPS) is 11.7. The molecular formula is C19H10ClNOS. The molecule has 4 heteroatoms. The molecule has 0 aliphatic carbocycles. The Kier molecular flexibility index (Phi) is 2.75. The first-order valence-corrected chi connectivity index (χ1v) is 8.46. The highest BCUT2D eigenvalue weighted by Crippen LogP contribution is 2.40. The molecule has 2 nitrogen and oxygen atoms in total. The van der Waals surface area contributed by atoms with Gasteiger partial charge in [-0.15, -0.1) is 11.3 Å². The summed E-state index contributed by atoms with van der Waals surface area (Å²) >= 11 is 7.85. The minimum Gasteiger partial charge on any atom is -0.436 e. The molecule has 0 atom stereocenters. The Bertz CT molecular complexity index is 1170. The van der Waals surface area contributed by atoms with E-state index < -0.39 is 0 Å². The van der Waals surface area contributed by atoms with E-state index in [0.717, 1.165) is 27.1 Å². The molecule has 0 N–H and O–H groups in total. The fraction of sp³-hybridized carbons (Fsp3) is 0. The van der Waals surface area contributed by atoms with Crippen LogP contribution in [0.4, 0.5) is 0 Å². The van der Waals surface area contributed by atoms with Crippen LogP contribution < -0.4 is 0 Å². The number of fused-ring (bicyclic) bond motifs is 5. The average molecular weight is 336 g/mol. The lowest BCUT2D eigenvalue weighted by Crippen LogP contribution is -1.75. The summed E-state index contributed by atoms with van der Waals surface area (Å²) in [5.74, 6) is 0.654. The average Bonchev–Trinajstić information content (AvgIpc) is 3.15. The van der Waals surface area contributed by atoms with Crippen LogP contribution >= 0.6 is 22.9 Å². The molecule has 5 rings (SSSR count). The molecular weight excluding hydrogens is 326 g/mol. The Morgan fingerprint density at radius 3 is 2.65 bits per heavy atom. The molecule has 2 aromatic heterocycles. The second kappa shape index (κ2) is 4.82. The van der Waals surface area contributed by atoms with Crippen molar-refractivity contribution < 1.29 is 4.42 Å². The molecule has 0 saturated carbocycles. The third-order valence-corrected chi connectivity index (χ3v) is 5.33. The van der Waals surface area contributed by atoms with E-state index in [4.69, 9.17) is 21.0 Å². The second-order valence-electron chi connectivity index (χ2n) is 5.41. The first kappa shape index (κ1) is 13.1. The van der Waals surface area contributed by atoms with Crippen LogP contribution in [0, 0.1) is 0 Å². The van der Waals surface area contributed by atoms with Gasteiger partial charge in [-0.2, -0.15) is 0 Å². The lowest BCUT2D eigenvalue weighted by atomic mass is 10.1. The van der Waals surface area contributed by atoms with Gasteiger partial charge in [0.2, 0.25) is 5.89 Å². The van der Waals surface area contributed by atoms with Gasteiger partial charge in [0, 0.05) is 30.8 Å². The zero-order valence-electron chi connectivity index (χ0n) is 11.9. The maximum Gasteiger partial charge on any atom is 0.227 e. The Morgan fingerprint density at radius 1 is 0.913 bits per heavy atom. The molecule has 0 aliphatic heterocycles. The third-order valence-electron chi connectivity index (χ3n) is 3.98. The first-order valence-electron chi connectivity index (χ1n) is 7.26. The molecule has 0 aliphatic rings. The molecule has 0 amide bonds. The largest absolute Gasteiger partial charge is 0.436 e. The van der Waals surface area contributed by atoms with E-state index >= 15 is 0 Å². The smallest absolute Gasteiger partial charge is 0.227 e. The number of hydrogen-bond donors (Lipinski definition) is 0. The monoisotopic (exact) mass is 335 g/mol. The fourth-order valence-electron chi connectivity index (χ4n) is 2.93. The van der Waals surface area contributed by atoms with E-state index in [0.29, 0.717) is 5.89 Å². The van der Waals surface area contributed by atoms with Crippen LogP contribution in [0.25, 0.3) is 42.7 Å². The predicted octanol–water partition coefficient (Wildman–Crippen LogP) is 6.52. The standard InChI is InChI=1S/C19H10ClNOS/c20-12-6-7-13-16(10-12)23-15-9-8-14-18(17(13)15)21-19(22-14)11-4-2-1-3-5-11/h1-10H. The minimum absolute atomic E-state index is 0.654. The molecule has 5 aromatic rings. The van der Waals surface area contributed by atoms with Gasteiger partial charge in [0.1, 0.15) is 5.52 Å². The Labute approximate surface area is 140 Å². The van der Waals surface area contributed by atoms with E-state index in [9.17, 15) is 0 Å². The highest BCUT2D eigenvalue weighted by molar-refractivity contribution is 7.26. The van der Waals surface area contributed by atoms with Gasteiger partial charge in [-0.3, -0.25) is 0 Å². The van der Waals surface area contributed by atoms with Crippen molar-refractivity contribution in [3.8, 4) is 11.5 Å². The van der Waals surface area contributed by atoms with Crippen molar-refractivity contribution in [1.29, 1.82) is 0 Å². The summed E-state index contributed by atoms with van der Waals surface area (Å²) in [5.41, 5.74) is 2.71. The van der Waals surface area contributed by atoms with Crippen molar-refractivity contribution in [2.24, 2.45) is 0 Å². The molecule has 0 saturated heterocycles. The molecule has 0 bridgehead atoms. The number of aromatic nitrogens is 1. The maximum absolute atomic E-state index is 6.12. The summed E-state index contributed by atoms with van der Waals surface area (Å²) < 4.78 is 8.34. The SMILES string of the molecule is Clc1ccc2c(c1)sc1ccc3oc(-c4ccccc4)nc3c12. The Balaban J connectivity index is 1.88. The quantitative estimate of drug-likeness (QED) is 0.348. The van der Waals surface area contributed by atoms with Gasteiger partial charge in [0.05, 0.1) is 0 Å². The van der Waals surface area contributed by atoms with Crippen molar-refractivity contribution in [2.45, 2.75) is 0 Å². The van der Waals surface area contributed by atoms with Gasteiger partial charge in [0.25, 0.3) is 0 Å². The van der Waals surface area contributed by atoms with Gasteiger partial charge in [-0.05, 0) is 36.4 Å². The number of hydrogen-bond acceptors (Lipinski definition) is 3. The van der Waals surface area contributed by atoms with E-state index in [1.807, 2.05) is 48.5 Å². The molecule has 23 heavy (non-hydrogen) atoms. The zero-order valence-corrected chi connectivity index (χ0v) is 13.5. The zero-order chi connectivity index (χ0) is 15.4. The minimum atomic E-state index is 0.654. The number of thiophene rings is 1. The fourth-order valence-corrected chi connectivity index (χ4v) is 4.32. The number of rotatable bonds is 1. The van der Waals surface area contributed by atoms with Crippen LogP contribution in [0.2, 0.25) is 5.02 Å². The van der Waals surface area contributed by atoms with Gasteiger partial charge in [-0.25, -0.2) is 4.98 Å². The Hall–Kier alpha value is -2.36. The lowest BCUT2D eigenvalue weighted by molar-refractivity contribution is 0.620. The van der Waals surface area contributed by atoms with Gasteiger partial charge >= 0.3 is 0 Å². The van der Waals surface area contributed by atoms with Gasteiger partial charge in [-0.1, -0.05) is 35.9 Å². The molecule has 0 fully saturated rings.